The van der Waals surface area contributed by atoms with Crippen LogP contribution in [0.25, 0.3) is 0 Å². The number of amides is 1. The van der Waals surface area contributed by atoms with Crippen molar-refractivity contribution < 1.29 is 14.1 Å². The highest BCUT2D eigenvalue weighted by Crippen LogP contribution is 2.25. The summed E-state index contributed by atoms with van der Waals surface area (Å²) in [6, 6.07) is 3.00. The van der Waals surface area contributed by atoms with Crippen LogP contribution in [-0.2, 0) is 0 Å². The van der Waals surface area contributed by atoms with Gasteiger partial charge in [-0.15, -0.1) is 12.4 Å². The molecule has 0 aromatic heterocycles. The van der Waals surface area contributed by atoms with Crippen molar-refractivity contribution in [1.82, 2.24) is 4.90 Å². The second-order valence-corrected chi connectivity index (χ2v) is 5.41. The third kappa shape index (κ3) is 3.92. The van der Waals surface area contributed by atoms with Crippen molar-refractivity contribution in [2.24, 2.45) is 11.7 Å². The van der Waals surface area contributed by atoms with E-state index in [9.17, 15) is 19.3 Å². The van der Waals surface area contributed by atoms with Gasteiger partial charge in [-0.3, -0.25) is 14.9 Å². The van der Waals surface area contributed by atoms with Gasteiger partial charge in [0.05, 0.1) is 4.92 Å². The van der Waals surface area contributed by atoms with Crippen LogP contribution in [0, 0.1) is 21.8 Å². The average molecular weight is 332 g/mol. The molecule has 0 bridgehead atoms. The summed E-state index contributed by atoms with van der Waals surface area (Å²) in [5, 5.41) is 11.0. The number of hydrogen-bond donors (Lipinski definition) is 1. The van der Waals surface area contributed by atoms with Crippen LogP contribution in [0.15, 0.2) is 18.2 Å². The van der Waals surface area contributed by atoms with Gasteiger partial charge in [0, 0.05) is 25.2 Å². The number of nitro groups is 1. The van der Waals surface area contributed by atoms with E-state index < -0.39 is 16.6 Å². The number of likely N-dealkylation sites (tertiary alicyclic amines) is 1. The third-order valence-corrected chi connectivity index (χ3v) is 3.96. The van der Waals surface area contributed by atoms with E-state index in [1.54, 1.807) is 0 Å². The Bertz CT molecular complexity index is 560. The van der Waals surface area contributed by atoms with Gasteiger partial charge < -0.3 is 10.6 Å². The minimum absolute atomic E-state index is 0. The van der Waals surface area contributed by atoms with Crippen LogP contribution in [0.3, 0.4) is 0 Å². The lowest BCUT2D eigenvalue weighted by atomic mass is 9.90. The van der Waals surface area contributed by atoms with Crippen molar-refractivity contribution in [3.63, 3.8) is 0 Å². The first-order valence-corrected chi connectivity index (χ1v) is 6.89. The zero-order valence-corrected chi connectivity index (χ0v) is 13.0. The Balaban J connectivity index is 0.00000242. The molecule has 1 fully saturated rings. The van der Waals surface area contributed by atoms with Crippen LogP contribution in [0.4, 0.5) is 10.1 Å². The van der Waals surface area contributed by atoms with Gasteiger partial charge in [-0.1, -0.05) is 0 Å². The Morgan fingerprint density at radius 3 is 2.55 bits per heavy atom. The highest BCUT2D eigenvalue weighted by molar-refractivity contribution is 5.98. The first-order valence-electron chi connectivity index (χ1n) is 6.89. The first kappa shape index (κ1) is 18.3. The van der Waals surface area contributed by atoms with E-state index in [1.807, 2.05) is 6.92 Å². The number of carbonyl (C=O) groups is 1. The number of rotatable bonds is 3. The fourth-order valence-corrected chi connectivity index (χ4v) is 2.64. The minimum Gasteiger partial charge on any atom is -0.338 e. The molecule has 1 amide bonds. The number of carbonyl (C=O) groups excluding carboxylic acids is 1. The first-order chi connectivity index (χ1) is 9.90. The second-order valence-electron chi connectivity index (χ2n) is 5.41. The summed E-state index contributed by atoms with van der Waals surface area (Å²) in [5.74, 6) is -0.810. The summed E-state index contributed by atoms with van der Waals surface area (Å²) >= 11 is 0. The highest BCUT2D eigenvalue weighted by Gasteiger charge is 2.29. The Morgan fingerprint density at radius 1 is 1.45 bits per heavy atom. The van der Waals surface area contributed by atoms with Crippen molar-refractivity contribution in [2.45, 2.75) is 25.8 Å². The number of piperidine rings is 1. The molecule has 0 spiro atoms. The SMILES string of the molecule is CC(N)C1CCN(C(=O)c2cc(F)ccc2[N+](=O)[O-])CC1.Cl. The molecule has 1 saturated heterocycles. The number of nitrogens with two attached hydrogens (primary N) is 1. The minimum atomic E-state index is -0.665. The molecule has 2 rings (SSSR count). The summed E-state index contributed by atoms with van der Waals surface area (Å²) in [6.45, 7) is 2.90. The summed E-state index contributed by atoms with van der Waals surface area (Å²) in [4.78, 5) is 24.2. The van der Waals surface area contributed by atoms with E-state index in [-0.39, 0.29) is 29.7 Å². The second kappa shape index (κ2) is 7.51. The van der Waals surface area contributed by atoms with Gasteiger partial charge in [-0.05, 0) is 37.8 Å². The van der Waals surface area contributed by atoms with Crippen LogP contribution in [0.5, 0.6) is 0 Å². The number of benzene rings is 1. The summed E-state index contributed by atoms with van der Waals surface area (Å²) in [5.41, 5.74) is 5.28. The number of halogens is 2. The van der Waals surface area contributed by atoms with Crippen LogP contribution in [0.2, 0.25) is 0 Å². The van der Waals surface area contributed by atoms with Crippen molar-refractivity contribution in [3.8, 4) is 0 Å². The van der Waals surface area contributed by atoms with Crippen molar-refractivity contribution in [2.75, 3.05) is 13.1 Å². The molecule has 0 saturated carbocycles. The molecule has 1 heterocycles. The molecular weight excluding hydrogens is 313 g/mol. The lowest BCUT2D eigenvalue weighted by molar-refractivity contribution is -0.385. The molecule has 2 N–H and O–H groups in total. The molecule has 1 aliphatic heterocycles. The van der Waals surface area contributed by atoms with E-state index in [2.05, 4.69) is 0 Å². The normalized spacial score (nSPS) is 16.8. The maximum absolute atomic E-state index is 13.3. The molecule has 8 heteroatoms. The predicted molar refractivity (Wildman–Crippen MR) is 82.6 cm³/mol. The smallest absolute Gasteiger partial charge is 0.282 e. The van der Waals surface area contributed by atoms with Gasteiger partial charge in [-0.2, -0.15) is 0 Å². The van der Waals surface area contributed by atoms with Crippen LogP contribution in [-0.4, -0.2) is 34.9 Å². The van der Waals surface area contributed by atoms with Crippen LogP contribution >= 0.6 is 12.4 Å². The maximum atomic E-state index is 13.3. The quantitative estimate of drug-likeness (QED) is 0.680. The monoisotopic (exact) mass is 331 g/mol. The average Bonchev–Trinajstić information content (AvgIpc) is 2.46. The summed E-state index contributed by atoms with van der Waals surface area (Å²) < 4.78 is 13.3. The van der Waals surface area contributed by atoms with Crippen LogP contribution < -0.4 is 5.73 Å². The van der Waals surface area contributed by atoms with Gasteiger partial charge in [0.15, 0.2) is 0 Å². The Hall–Kier alpha value is -1.73. The fraction of sp³-hybridized carbons (Fsp3) is 0.500. The van der Waals surface area contributed by atoms with Gasteiger partial charge in [-0.25, -0.2) is 4.39 Å². The zero-order chi connectivity index (χ0) is 15.6. The molecular formula is C14H19ClFN3O3. The predicted octanol–water partition coefficient (Wildman–Crippen LogP) is 2.36. The summed E-state index contributed by atoms with van der Waals surface area (Å²) in [7, 11) is 0. The lowest BCUT2D eigenvalue weighted by Crippen LogP contribution is -2.42. The van der Waals surface area contributed by atoms with E-state index >= 15 is 0 Å². The standard InChI is InChI=1S/C14H18FN3O3.ClH/c1-9(16)10-4-6-17(7-5-10)14(19)12-8-11(15)2-3-13(12)18(20)21;/h2-3,8-10H,4-7,16H2,1H3;1H. The van der Waals surface area contributed by atoms with Gasteiger partial charge in [0.2, 0.25) is 0 Å². The van der Waals surface area contributed by atoms with Gasteiger partial charge in [0.25, 0.3) is 11.6 Å². The molecule has 6 nitrogen and oxygen atoms in total. The zero-order valence-electron chi connectivity index (χ0n) is 12.2. The summed E-state index contributed by atoms with van der Waals surface area (Å²) in [6.07, 6.45) is 1.51. The van der Waals surface area contributed by atoms with Gasteiger partial charge in [0.1, 0.15) is 11.4 Å². The molecule has 1 aromatic rings. The Morgan fingerprint density at radius 2 is 2.05 bits per heavy atom. The van der Waals surface area contributed by atoms with Crippen molar-refractivity contribution >= 4 is 24.0 Å². The van der Waals surface area contributed by atoms with E-state index in [1.165, 1.54) is 4.90 Å². The molecule has 122 valence electrons. The number of nitro benzene ring substituents is 1. The maximum Gasteiger partial charge on any atom is 0.282 e. The Kier molecular flexibility index (Phi) is 6.25. The van der Waals surface area contributed by atoms with Crippen molar-refractivity contribution in [3.05, 3.63) is 39.7 Å². The largest absolute Gasteiger partial charge is 0.338 e. The fourth-order valence-electron chi connectivity index (χ4n) is 2.64. The van der Waals surface area contributed by atoms with Crippen LogP contribution in [0.1, 0.15) is 30.1 Å². The third-order valence-electron chi connectivity index (χ3n) is 3.96. The molecule has 0 aliphatic carbocycles. The lowest BCUT2D eigenvalue weighted by Gasteiger charge is -2.33. The topological polar surface area (TPSA) is 89.5 Å². The van der Waals surface area contributed by atoms with E-state index in [0.717, 1.165) is 31.0 Å². The molecule has 1 aromatic carbocycles. The Labute approximate surface area is 134 Å². The van der Waals surface area contributed by atoms with Crippen molar-refractivity contribution in [1.29, 1.82) is 0 Å². The molecule has 1 aliphatic rings. The van der Waals surface area contributed by atoms with E-state index in [0.29, 0.717) is 19.0 Å². The molecule has 1 atom stereocenters. The van der Waals surface area contributed by atoms with Gasteiger partial charge >= 0.3 is 0 Å². The molecule has 22 heavy (non-hydrogen) atoms. The number of hydrogen-bond acceptors (Lipinski definition) is 4. The number of nitrogens with zero attached hydrogens (tertiary/aromatic N) is 2. The molecule has 1 unspecified atom stereocenters. The molecule has 0 radical (unpaired) electrons. The highest BCUT2D eigenvalue weighted by atomic mass is 35.5. The van der Waals surface area contributed by atoms with E-state index in [4.69, 9.17) is 5.73 Å².